The Bertz CT molecular complexity index is 452. The van der Waals surface area contributed by atoms with Gasteiger partial charge in [0.25, 0.3) is 0 Å². The third-order valence-corrected chi connectivity index (χ3v) is 4.60. The van der Waals surface area contributed by atoms with Crippen LogP contribution in [-0.4, -0.2) is 46.3 Å². The lowest BCUT2D eigenvalue weighted by atomic mass is 9.89. The Kier molecular flexibility index (Phi) is 4.92. The largest absolute Gasteiger partial charge is 0.329 e. The lowest BCUT2D eigenvalue weighted by molar-refractivity contribution is -0.167. The van der Waals surface area contributed by atoms with E-state index in [1.807, 2.05) is 13.8 Å². The van der Waals surface area contributed by atoms with Crippen LogP contribution in [0, 0.1) is 18.3 Å². The van der Waals surface area contributed by atoms with Gasteiger partial charge in [-0.15, -0.1) is 6.42 Å². The Morgan fingerprint density at radius 1 is 1.29 bits per heavy atom. The van der Waals surface area contributed by atoms with Crippen LogP contribution < -0.4 is 0 Å². The van der Waals surface area contributed by atoms with Crippen LogP contribution in [0.15, 0.2) is 0 Å². The molecule has 2 rings (SSSR count). The third-order valence-electron chi connectivity index (χ3n) is 4.60. The highest BCUT2D eigenvalue weighted by molar-refractivity contribution is 5.97. The Morgan fingerprint density at radius 2 is 2.00 bits per heavy atom. The average Bonchev–Trinajstić information content (AvgIpc) is 2.48. The van der Waals surface area contributed by atoms with E-state index in [1.54, 1.807) is 9.80 Å². The molecule has 2 saturated heterocycles. The monoisotopic (exact) mass is 290 g/mol. The second kappa shape index (κ2) is 6.51. The van der Waals surface area contributed by atoms with Crippen LogP contribution in [0.1, 0.15) is 52.9 Å². The summed E-state index contributed by atoms with van der Waals surface area (Å²) in [7, 11) is 0. The van der Waals surface area contributed by atoms with E-state index in [9.17, 15) is 9.59 Å². The van der Waals surface area contributed by atoms with Crippen LogP contribution in [0.4, 0.5) is 0 Å². The van der Waals surface area contributed by atoms with Crippen molar-refractivity contribution in [3.63, 3.8) is 0 Å². The molecule has 21 heavy (non-hydrogen) atoms. The van der Waals surface area contributed by atoms with Crippen LogP contribution in [0.3, 0.4) is 0 Å². The summed E-state index contributed by atoms with van der Waals surface area (Å²) in [5.41, 5.74) is 0. The highest BCUT2D eigenvalue weighted by Crippen LogP contribution is 2.31. The fourth-order valence-electron chi connectivity index (χ4n) is 3.58. The molecule has 2 fully saturated rings. The van der Waals surface area contributed by atoms with Gasteiger partial charge in [0.2, 0.25) is 11.8 Å². The van der Waals surface area contributed by atoms with E-state index in [1.165, 1.54) is 0 Å². The number of fused-ring (bicyclic) bond motifs is 1. The van der Waals surface area contributed by atoms with E-state index in [-0.39, 0.29) is 29.8 Å². The van der Waals surface area contributed by atoms with Gasteiger partial charge in [-0.3, -0.25) is 9.59 Å². The minimum absolute atomic E-state index is 0.0596. The molecule has 0 aliphatic carbocycles. The van der Waals surface area contributed by atoms with Gasteiger partial charge in [0.1, 0.15) is 12.1 Å². The number of carbonyl (C=O) groups is 2. The topological polar surface area (TPSA) is 40.6 Å². The fourth-order valence-corrected chi connectivity index (χ4v) is 3.58. The molecule has 3 unspecified atom stereocenters. The van der Waals surface area contributed by atoms with Crippen molar-refractivity contribution < 1.29 is 9.59 Å². The second-order valence-electron chi connectivity index (χ2n) is 6.45. The Labute approximate surface area is 127 Å². The van der Waals surface area contributed by atoms with Crippen molar-refractivity contribution in [1.82, 2.24) is 9.80 Å². The molecule has 0 N–H and O–H groups in total. The minimum Gasteiger partial charge on any atom is -0.329 e. The molecule has 3 atom stereocenters. The molecular weight excluding hydrogens is 264 g/mol. The summed E-state index contributed by atoms with van der Waals surface area (Å²) >= 11 is 0. The number of carbonyl (C=O) groups excluding carboxylic acids is 2. The van der Waals surface area contributed by atoms with Crippen LogP contribution in [-0.2, 0) is 9.59 Å². The lowest BCUT2D eigenvalue weighted by Gasteiger charge is -2.49. The van der Waals surface area contributed by atoms with Crippen molar-refractivity contribution >= 4 is 11.8 Å². The van der Waals surface area contributed by atoms with Crippen LogP contribution >= 0.6 is 0 Å². The second-order valence-corrected chi connectivity index (χ2v) is 6.45. The highest BCUT2D eigenvalue weighted by atomic mass is 16.2. The molecule has 0 saturated carbocycles. The Balaban J connectivity index is 2.37. The van der Waals surface area contributed by atoms with Gasteiger partial charge in [-0.2, -0.15) is 0 Å². The molecule has 2 heterocycles. The van der Waals surface area contributed by atoms with E-state index >= 15 is 0 Å². The van der Waals surface area contributed by atoms with Gasteiger partial charge in [-0.25, -0.2) is 0 Å². The maximum Gasteiger partial charge on any atom is 0.247 e. The van der Waals surface area contributed by atoms with Crippen molar-refractivity contribution in [2.45, 2.75) is 71.0 Å². The summed E-state index contributed by atoms with van der Waals surface area (Å²) in [6.45, 7) is 6.75. The summed E-state index contributed by atoms with van der Waals surface area (Å²) in [6, 6.07) is -0.948. The standard InChI is InChI=1S/C17H26N2O2/c1-5-9-13(6-2)19-15(12(3)4)17(21)18-11-8-7-10-14(18)16(19)20/h2,12-15H,5,7-11H2,1,3-4H3. The van der Waals surface area contributed by atoms with Gasteiger partial charge in [-0.1, -0.05) is 33.1 Å². The van der Waals surface area contributed by atoms with Crippen molar-refractivity contribution in [1.29, 1.82) is 0 Å². The maximum absolute atomic E-state index is 12.9. The molecule has 0 aromatic rings. The molecule has 0 aromatic heterocycles. The zero-order valence-corrected chi connectivity index (χ0v) is 13.3. The normalized spacial score (nSPS) is 27.6. The third kappa shape index (κ3) is 2.79. The molecule has 2 aliphatic heterocycles. The van der Waals surface area contributed by atoms with E-state index in [0.717, 1.165) is 32.1 Å². The first-order chi connectivity index (χ1) is 10.0. The fraction of sp³-hybridized carbons (Fsp3) is 0.765. The molecular formula is C17H26N2O2. The first-order valence-corrected chi connectivity index (χ1v) is 8.11. The van der Waals surface area contributed by atoms with E-state index in [0.29, 0.717) is 6.54 Å². The van der Waals surface area contributed by atoms with Gasteiger partial charge in [0.15, 0.2) is 0 Å². The maximum atomic E-state index is 12.9. The van der Waals surface area contributed by atoms with Crippen molar-refractivity contribution in [3.8, 4) is 12.3 Å². The minimum atomic E-state index is -0.403. The van der Waals surface area contributed by atoms with Gasteiger partial charge in [0, 0.05) is 6.54 Å². The van der Waals surface area contributed by atoms with Crippen molar-refractivity contribution in [2.24, 2.45) is 5.92 Å². The number of piperidine rings is 1. The van der Waals surface area contributed by atoms with Gasteiger partial charge < -0.3 is 9.80 Å². The smallest absolute Gasteiger partial charge is 0.247 e. The van der Waals surface area contributed by atoms with Crippen LogP contribution in [0.2, 0.25) is 0 Å². The van der Waals surface area contributed by atoms with E-state index in [4.69, 9.17) is 6.42 Å². The SMILES string of the molecule is C#CC(CCC)N1C(=O)C2CCCCN2C(=O)C1C(C)C. The summed E-state index contributed by atoms with van der Waals surface area (Å²) in [5, 5.41) is 0. The Hall–Kier alpha value is -1.50. The summed E-state index contributed by atoms with van der Waals surface area (Å²) in [6.07, 6.45) is 10.1. The molecule has 4 heteroatoms. The predicted molar refractivity (Wildman–Crippen MR) is 82.4 cm³/mol. The summed E-state index contributed by atoms with van der Waals surface area (Å²) < 4.78 is 0. The van der Waals surface area contributed by atoms with Crippen molar-refractivity contribution in [3.05, 3.63) is 0 Å². The first kappa shape index (κ1) is 15.9. The molecule has 4 nitrogen and oxygen atoms in total. The molecule has 2 amide bonds. The Morgan fingerprint density at radius 3 is 2.57 bits per heavy atom. The van der Waals surface area contributed by atoms with Gasteiger partial charge >= 0.3 is 0 Å². The number of piperazine rings is 1. The quantitative estimate of drug-likeness (QED) is 0.743. The highest BCUT2D eigenvalue weighted by Gasteiger charge is 2.49. The van der Waals surface area contributed by atoms with Crippen LogP contribution in [0.25, 0.3) is 0 Å². The zero-order chi connectivity index (χ0) is 15.6. The van der Waals surface area contributed by atoms with E-state index < -0.39 is 6.04 Å². The van der Waals surface area contributed by atoms with Crippen molar-refractivity contribution in [2.75, 3.05) is 6.54 Å². The number of amides is 2. The number of hydrogen-bond donors (Lipinski definition) is 0. The summed E-state index contributed by atoms with van der Waals surface area (Å²) in [5.74, 6) is 2.97. The van der Waals surface area contributed by atoms with Crippen LogP contribution in [0.5, 0.6) is 0 Å². The molecule has 0 aromatic carbocycles. The predicted octanol–water partition coefficient (Wildman–Crippen LogP) is 2.04. The molecule has 0 bridgehead atoms. The van der Waals surface area contributed by atoms with Gasteiger partial charge in [0.05, 0.1) is 6.04 Å². The molecule has 0 spiro atoms. The average molecular weight is 290 g/mol. The molecule has 2 aliphatic rings. The first-order valence-electron chi connectivity index (χ1n) is 8.11. The molecule has 116 valence electrons. The lowest BCUT2D eigenvalue weighted by Crippen LogP contribution is -2.68. The number of terminal acetylenes is 1. The number of hydrogen-bond acceptors (Lipinski definition) is 2. The van der Waals surface area contributed by atoms with Gasteiger partial charge in [-0.05, 0) is 31.6 Å². The summed E-state index contributed by atoms with van der Waals surface area (Å²) in [4.78, 5) is 29.3. The number of nitrogens with zero attached hydrogens (tertiary/aromatic N) is 2. The number of rotatable bonds is 4. The molecule has 0 radical (unpaired) electrons. The zero-order valence-electron chi connectivity index (χ0n) is 13.3. The van der Waals surface area contributed by atoms with E-state index in [2.05, 4.69) is 12.8 Å².